The molecule has 0 saturated carbocycles. The van der Waals surface area contributed by atoms with E-state index in [4.69, 9.17) is 5.73 Å². The van der Waals surface area contributed by atoms with Crippen molar-refractivity contribution in [3.05, 3.63) is 29.3 Å². The SMILES string of the molecule is CN1CCc2ccc(N)cc2CC1.Cl.Cl. The number of hydrogen-bond acceptors (Lipinski definition) is 2. The van der Waals surface area contributed by atoms with E-state index in [1.165, 1.54) is 11.1 Å². The predicted molar refractivity (Wildman–Crippen MR) is 70.3 cm³/mol. The van der Waals surface area contributed by atoms with Crippen molar-refractivity contribution < 1.29 is 0 Å². The Hall–Kier alpha value is -0.440. The molecule has 1 aliphatic rings. The van der Waals surface area contributed by atoms with Crippen molar-refractivity contribution in [3.63, 3.8) is 0 Å². The molecule has 0 aromatic heterocycles. The predicted octanol–water partition coefficient (Wildman–Crippen LogP) is 2.14. The zero-order valence-corrected chi connectivity index (χ0v) is 10.5. The summed E-state index contributed by atoms with van der Waals surface area (Å²) in [4.78, 5) is 2.37. The normalized spacial score (nSPS) is 15.5. The molecule has 0 aliphatic carbocycles. The summed E-state index contributed by atoms with van der Waals surface area (Å²) in [6.45, 7) is 2.31. The van der Waals surface area contributed by atoms with Crippen molar-refractivity contribution in [2.45, 2.75) is 12.8 Å². The maximum atomic E-state index is 5.75. The quantitative estimate of drug-likeness (QED) is 0.714. The highest BCUT2D eigenvalue weighted by Gasteiger charge is 2.10. The Labute approximate surface area is 104 Å². The van der Waals surface area contributed by atoms with Crippen LogP contribution in [0.15, 0.2) is 18.2 Å². The number of nitrogen functional groups attached to an aromatic ring is 1. The highest BCUT2D eigenvalue weighted by atomic mass is 35.5. The maximum absolute atomic E-state index is 5.75. The standard InChI is InChI=1S/C11H16N2.2ClH/c1-13-6-4-9-2-3-11(12)8-10(9)5-7-13;;/h2-3,8H,4-7,12H2,1H3;2*1H. The van der Waals surface area contributed by atoms with E-state index < -0.39 is 0 Å². The molecule has 2 N–H and O–H groups in total. The number of halogens is 2. The maximum Gasteiger partial charge on any atom is 0.0316 e. The summed E-state index contributed by atoms with van der Waals surface area (Å²) in [5.74, 6) is 0. The van der Waals surface area contributed by atoms with Gasteiger partial charge in [-0.2, -0.15) is 0 Å². The fourth-order valence-corrected chi connectivity index (χ4v) is 1.86. The second kappa shape index (κ2) is 6.21. The van der Waals surface area contributed by atoms with Crippen LogP contribution in [0.3, 0.4) is 0 Å². The summed E-state index contributed by atoms with van der Waals surface area (Å²) < 4.78 is 0. The van der Waals surface area contributed by atoms with E-state index in [-0.39, 0.29) is 24.8 Å². The van der Waals surface area contributed by atoms with Gasteiger partial charge in [-0.1, -0.05) is 6.07 Å². The third-order valence-electron chi connectivity index (χ3n) is 2.76. The number of nitrogens with two attached hydrogens (primary N) is 1. The second-order valence-electron chi connectivity index (χ2n) is 3.83. The molecule has 0 fully saturated rings. The number of likely N-dealkylation sites (N-methyl/N-ethyl adjacent to an activating group) is 1. The summed E-state index contributed by atoms with van der Waals surface area (Å²) in [5, 5.41) is 0. The largest absolute Gasteiger partial charge is 0.399 e. The van der Waals surface area contributed by atoms with Gasteiger partial charge in [0.15, 0.2) is 0 Å². The number of anilines is 1. The minimum Gasteiger partial charge on any atom is -0.399 e. The van der Waals surface area contributed by atoms with Crippen LogP contribution in [0.1, 0.15) is 11.1 Å². The Bertz CT molecular complexity index is 315. The van der Waals surface area contributed by atoms with Crippen molar-refractivity contribution in [1.29, 1.82) is 0 Å². The monoisotopic (exact) mass is 248 g/mol. The molecule has 0 unspecified atom stereocenters. The van der Waals surface area contributed by atoms with Crippen molar-refractivity contribution in [2.24, 2.45) is 0 Å². The first-order chi connectivity index (χ1) is 6.25. The molecule has 0 amide bonds. The van der Waals surface area contributed by atoms with Crippen LogP contribution in [0, 0.1) is 0 Å². The van der Waals surface area contributed by atoms with Gasteiger partial charge in [-0.25, -0.2) is 0 Å². The number of hydrogen-bond donors (Lipinski definition) is 1. The fraction of sp³-hybridized carbons (Fsp3) is 0.455. The summed E-state index contributed by atoms with van der Waals surface area (Å²) in [7, 11) is 2.18. The molecular formula is C11H18Cl2N2. The van der Waals surface area contributed by atoms with Gasteiger partial charge >= 0.3 is 0 Å². The van der Waals surface area contributed by atoms with E-state index in [9.17, 15) is 0 Å². The molecule has 1 aliphatic heterocycles. The van der Waals surface area contributed by atoms with E-state index in [2.05, 4.69) is 24.1 Å². The number of rotatable bonds is 0. The highest BCUT2D eigenvalue weighted by molar-refractivity contribution is 5.85. The number of benzene rings is 1. The third-order valence-corrected chi connectivity index (χ3v) is 2.76. The number of nitrogens with zero attached hydrogens (tertiary/aromatic N) is 1. The summed E-state index contributed by atoms with van der Waals surface area (Å²) >= 11 is 0. The minimum absolute atomic E-state index is 0. The first-order valence-corrected chi connectivity index (χ1v) is 4.81. The molecule has 4 heteroatoms. The van der Waals surface area contributed by atoms with Crippen LogP contribution in [-0.2, 0) is 12.8 Å². The van der Waals surface area contributed by atoms with Crippen LogP contribution in [0.4, 0.5) is 5.69 Å². The van der Waals surface area contributed by atoms with Crippen LogP contribution in [0.5, 0.6) is 0 Å². The van der Waals surface area contributed by atoms with E-state index in [0.29, 0.717) is 0 Å². The van der Waals surface area contributed by atoms with Crippen LogP contribution in [0.2, 0.25) is 0 Å². The summed E-state index contributed by atoms with van der Waals surface area (Å²) in [6.07, 6.45) is 2.29. The van der Waals surface area contributed by atoms with Crippen LogP contribution >= 0.6 is 24.8 Å². The van der Waals surface area contributed by atoms with Crippen LogP contribution in [0.25, 0.3) is 0 Å². The van der Waals surface area contributed by atoms with E-state index in [1.807, 2.05) is 6.07 Å². The molecule has 1 aromatic rings. The van der Waals surface area contributed by atoms with E-state index >= 15 is 0 Å². The van der Waals surface area contributed by atoms with E-state index in [1.54, 1.807) is 0 Å². The molecule has 86 valence electrons. The Morgan fingerprint density at radius 1 is 1.07 bits per heavy atom. The topological polar surface area (TPSA) is 29.3 Å². The van der Waals surface area contributed by atoms with Gasteiger partial charge in [-0.15, -0.1) is 24.8 Å². The molecule has 15 heavy (non-hydrogen) atoms. The molecule has 2 nitrogen and oxygen atoms in total. The molecule has 0 saturated heterocycles. The summed E-state index contributed by atoms with van der Waals surface area (Å²) in [6, 6.07) is 6.29. The average Bonchev–Trinajstić information content (AvgIpc) is 2.29. The van der Waals surface area contributed by atoms with Gasteiger partial charge in [0.2, 0.25) is 0 Å². The van der Waals surface area contributed by atoms with Gasteiger partial charge in [-0.05, 0) is 43.1 Å². The Morgan fingerprint density at radius 2 is 1.67 bits per heavy atom. The van der Waals surface area contributed by atoms with Gasteiger partial charge in [0.1, 0.15) is 0 Å². The minimum atomic E-state index is 0. The molecule has 2 rings (SSSR count). The number of fused-ring (bicyclic) bond motifs is 1. The fourth-order valence-electron chi connectivity index (χ4n) is 1.86. The smallest absolute Gasteiger partial charge is 0.0316 e. The van der Waals surface area contributed by atoms with Crippen molar-refractivity contribution in [1.82, 2.24) is 4.90 Å². The first-order valence-electron chi connectivity index (χ1n) is 4.81. The van der Waals surface area contributed by atoms with Crippen LogP contribution in [-0.4, -0.2) is 25.0 Å². The zero-order valence-electron chi connectivity index (χ0n) is 8.90. The van der Waals surface area contributed by atoms with Crippen molar-refractivity contribution >= 4 is 30.5 Å². The molecule has 1 heterocycles. The lowest BCUT2D eigenvalue weighted by molar-refractivity contribution is 0.352. The molecule has 0 spiro atoms. The molecular weight excluding hydrogens is 231 g/mol. The lowest BCUT2D eigenvalue weighted by Gasteiger charge is -2.10. The Kier molecular flexibility index (Phi) is 6.03. The highest BCUT2D eigenvalue weighted by Crippen LogP contribution is 2.17. The van der Waals surface area contributed by atoms with Gasteiger partial charge in [0.25, 0.3) is 0 Å². The average molecular weight is 249 g/mol. The lowest BCUT2D eigenvalue weighted by atomic mass is 10.0. The summed E-state index contributed by atoms with van der Waals surface area (Å²) in [5.41, 5.74) is 9.55. The van der Waals surface area contributed by atoms with Gasteiger partial charge in [0, 0.05) is 18.8 Å². The van der Waals surface area contributed by atoms with Crippen molar-refractivity contribution in [2.75, 3.05) is 25.9 Å². The molecule has 0 radical (unpaired) electrons. The third kappa shape index (κ3) is 3.56. The first kappa shape index (κ1) is 14.6. The molecule has 1 aromatic carbocycles. The van der Waals surface area contributed by atoms with Gasteiger partial charge < -0.3 is 10.6 Å². The Balaban J connectivity index is 0.000000980. The van der Waals surface area contributed by atoms with E-state index in [0.717, 1.165) is 31.6 Å². The lowest BCUT2D eigenvalue weighted by Crippen LogP contribution is -2.20. The second-order valence-corrected chi connectivity index (χ2v) is 3.83. The Morgan fingerprint density at radius 3 is 2.33 bits per heavy atom. The van der Waals surface area contributed by atoms with Gasteiger partial charge in [-0.3, -0.25) is 0 Å². The molecule has 0 atom stereocenters. The van der Waals surface area contributed by atoms with Gasteiger partial charge in [0.05, 0.1) is 0 Å². The molecule has 0 bridgehead atoms. The van der Waals surface area contributed by atoms with Crippen molar-refractivity contribution in [3.8, 4) is 0 Å². The van der Waals surface area contributed by atoms with Crippen LogP contribution < -0.4 is 5.73 Å². The zero-order chi connectivity index (χ0) is 9.26.